The summed E-state index contributed by atoms with van der Waals surface area (Å²) in [6.07, 6.45) is 0. The van der Waals surface area contributed by atoms with Crippen LogP contribution in [0.15, 0.2) is 46.6 Å². The SMILES string of the molecule is COc1cc(N=Nc2sc(N(C(C)C)C(C)C)n[n+]2C)c(NC(C)=O)cc1Nc1ccc(NC(C)=O)cc1.[Cl-]. The highest BCUT2D eigenvalue weighted by Gasteiger charge is 2.24. The van der Waals surface area contributed by atoms with E-state index in [1.54, 1.807) is 36.1 Å². The molecule has 0 atom stereocenters. The first-order chi connectivity index (χ1) is 18.0. The Morgan fingerprint density at radius 2 is 1.54 bits per heavy atom. The van der Waals surface area contributed by atoms with E-state index in [1.807, 2.05) is 19.2 Å². The van der Waals surface area contributed by atoms with Crippen LogP contribution in [0.25, 0.3) is 0 Å². The van der Waals surface area contributed by atoms with E-state index >= 15 is 0 Å². The van der Waals surface area contributed by atoms with Gasteiger partial charge in [0.05, 0.1) is 23.6 Å². The average molecular weight is 575 g/mol. The van der Waals surface area contributed by atoms with E-state index in [1.165, 1.54) is 25.2 Å². The van der Waals surface area contributed by atoms with Crippen LogP contribution in [0, 0.1) is 0 Å². The Morgan fingerprint density at radius 3 is 2.08 bits per heavy atom. The molecule has 0 radical (unpaired) electrons. The normalized spacial score (nSPS) is 10.9. The van der Waals surface area contributed by atoms with Gasteiger partial charge in [0.25, 0.3) is 0 Å². The summed E-state index contributed by atoms with van der Waals surface area (Å²) < 4.78 is 7.29. The van der Waals surface area contributed by atoms with Gasteiger partial charge in [0, 0.05) is 43.4 Å². The van der Waals surface area contributed by atoms with Crippen LogP contribution >= 0.6 is 11.3 Å². The first kappa shape index (κ1) is 31.4. The minimum absolute atomic E-state index is 0. The Hall–Kier alpha value is -3.77. The molecule has 2 amide bonds. The van der Waals surface area contributed by atoms with Crippen molar-refractivity contribution in [1.82, 2.24) is 5.10 Å². The summed E-state index contributed by atoms with van der Waals surface area (Å²) in [5.74, 6) is 0.129. The van der Waals surface area contributed by atoms with Gasteiger partial charge in [-0.2, -0.15) is 0 Å². The lowest BCUT2D eigenvalue weighted by molar-refractivity contribution is -0.712. The molecule has 39 heavy (non-hydrogen) atoms. The first-order valence-electron chi connectivity index (χ1n) is 12.2. The number of rotatable bonds is 10. The van der Waals surface area contributed by atoms with Crippen LogP contribution in [0.2, 0.25) is 0 Å². The number of hydrogen-bond acceptors (Lipinski definition) is 9. The fourth-order valence-electron chi connectivity index (χ4n) is 3.87. The van der Waals surface area contributed by atoms with Gasteiger partial charge in [-0.1, -0.05) is 5.10 Å². The molecule has 1 aromatic heterocycles. The molecular weight excluding hydrogens is 540 g/mol. The number of benzene rings is 2. The lowest BCUT2D eigenvalue weighted by Crippen LogP contribution is -3.00. The van der Waals surface area contributed by atoms with Crippen molar-refractivity contribution in [2.24, 2.45) is 17.3 Å². The molecule has 13 heteroatoms. The molecule has 0 saturated heterocycles. The molecule has 3 rings (SSSR count). The number of ether oxygens (including phenoxy) is 1. The maximum absolute atomic E-state index is 12.0. The van der Waals surface area contributed by atoms with E-state index < -0.39 is 0 Å². The molecule has 3 N–H and O–H groups in total. The Labute approximate surface area is 239 Å². The van der Waals surface area contributed by atoms with Crippen LogP contribution in [0.1, 0.15) is 41.5 Å². The zero-order chi connectivity index (χ0) is 28.0. The smallest absolute Gasteiger partial charge is 0.431 e. The van der Waals surface area contributed by atoms with Crippen LogP contribution in [-0.4, -0.2) is 36.1 Å². The molecule has 1 heterocycles. The number of nitrogens with zero attached hydrogens (tertiary/aromatic N) is 5. The van der Waals surface area contributed by atoms with Gasteiger partial charge in [-0.15, -0.1) is 4.68 Å². The average Bonchev–Trinajstić information content (AvgIpc) is 3.18. The number of aromatic nitrogens is 2. The number of hydrogen-bond donors (Lipinski definition) is 3. The molecule has 2 aromatic carbocycles. The van der Waals surface area contributed by atoms with Gasteiger partial charge in [-0.25, -0.2) is 0 Å². The summed E-state index contributed by atoms with van der Waals surface area (Å²) in [5, 5.41) is 23.8. The fraction of sp³-hybridized carbons (Fsp3) is 0.385. The summed E-state index contributed by atoms with van der Waals surface area (Å²) in [6, 6.07) is 11.2. The van der Waals surface area contributed by atoms with Crippen molar-refractivity contribution in [3.63, 3.8) is 0 Å². The third-order valence-electron chi connectivity index (χ3n) is 5.38. The summed E-state index contributed by atoms with van der Waals surface area (Å²) in [4.78, 5) is 25.5. The maximum atomic E-state index is 12.0. The summed E-state index contributed by atoms with van der Waals surface area (Å²) in [6.45, 7) is 11.4. The van der Waals surface area contributed by atoms with Crippen LogP contribution in [0.4, 0.5) is 38.7 Å². The number of aryl methyl sites for hydroxylation is 1. The molecule has 0 spiro atoms. The third-order valence-corrected chi connectivity index (χ3v) is 6.39. The number of carbonyl (C=O) groups excluding carboxylic acids is 2. The number of amides is 2. The highest BCUT2D eigenvalue weighted by molar-refractivity contribution is 7.18. The van der Waals surface area contributed by atoms with Crippen LogP contribution in [0.5, 0.6) is 5.75 Å². The van der Waals surface area contributed by atoms with Gasteiger partial charge in [0.2, 0.25) is 16.9 Å². The second kappa shape index (κ2) is 13.9. The Bertz CT molecular complexity index is 1320. The molecule has 11 nitrogen and oxygen atoms in total. The van der Waals surface area contributed by atoms with E-state index in [4.69, 9.17) is 4.74 Å². The maximum Gasteiger partial charge on any atom is 0.431 e. The molecule has 0 aliphatic rings. The Morgan fingerprint density at radius 1 is 0.949 bits per heavy atom. The summed E-state index contributed by atoms with van der Waals surface area (Å²) in [5.41, 5.74) is 2.98. The van der Waals surface area contributed by atoms with Crippen molar-refractivity contribution in [3.05, 3.63) is 36.4 Å². The first-order valence-corrected chi connectivity index (χ1v) is 13.0. The Kier molecular flexibility index (Phi) is 11.2. The molecule has 0 fully saturated rings. The van der Waals surface area contributed by atoms with Gasteiger partial charge >= 0.3 is 5.13 Å². The second-order valence-electron chi connectivity index (χ2n) is 9.22. The lowest BCUT2D eigenvalue weighted by atomic mass is 10.2. The number of azo groups is 1. The Balaban J connectivity index is 0.00000533. The second-order valence-corrected chi connectivity index (χ2v) is 10.2. The molecule has 0 bridgehead atoms. The van der Waals surface area contributed by atoms with E-state index in [-0.39, 0.29) is 36.3 Å². The predicted molar refractivity (Wildman–Crippen MR) is 152 cm³/mol. The quantitative estimate of drug-likeness (QED) is 0.253. The molecule has 0 saturated carbocycles. The highest BCUT2D eigenvalue weighted by Crippen LogP contribution is 2.39. The van der Waals surface area contributed by atoms with Crippen LogP contribution < -0.4 is 42.7 Å². The van der Waals surface area contributed by atoms with Gasteiger partial charge in [0.1, 0.15) is 18.5 Å². The van der Waals surface area contributed by atoms with Crippen molar-refractivity contribution in [1.29, 1.82) is 0 Å². The van der Waals surface area contributed by atoms with E-state index in [9.17, 15) is 9.59 Å². The minimum atomic E-state index is -0.243. The molecule has 0 aliphatic carbocycles. The number of halogens is 1. The monoisotopic (exact) mass is 574 g/mol. The number of nitrogens with one attached hydrogen (secondary N) is 3. The van der Waals surface area contributed by atoms with Crippen molar-refractivity contribution < 1.29 is 31.4 Å². The predicted octanol–water partition coefficient (Wildman–Crippen LogP) is 2.68. The largest absolute Gasteiger partial charge is 1.00 e. The van der Waals surface area contributed by atoms with Gasteiger partial charge in [0.15, 0.2) is 0 Å². The van der Waals surface area contributed by atoms with Crippen molar-refractivity contribution in [3.8, 4) is 5.75 Å². The summed E-state index contributed by atoms with van der Waals surface area (Å²) in [7, 11) is 3.38. The standard InChI is InChI=1S/C26H34N8O3S.ClH/c1-15(2)34(16(3)4)26-32-33(7)25(38-26)31-30-22-14-24(37-8)23(13-21(22)28-18(6)36)29-20-11-9-19(10-12-20)27-17(5)35;/h9-16H,1-8H3,(H2,27,28,29,30,35,36);1H. The zero-order valence-corrected chi connectivity index (χ0v) is 24.9. The number of carbonyl (C=O) groups is 2. The van der Waals surface area contributed by atoms with Crippen molar-refractivity contribution in [2.75, 3.05) is 28.0 Å². The van der Waals surface area contributed by atoms with E-state index in [0.29, 0.717) is 33.6 Å². The topological polar surface area (TPSA) is 124 Å². The number of methoxy groups -OCH3 is 1. The third kappa shape index (κ3) is 8.36. The summed E-state index contributed by atoms with van der Waals surface area (Å²) >= 11 is 1.44. The fourth-order valence-corrected chi connectivity index (χ4v) is 4.98. The molecule has 0 unspecified atom stereocenters. The van der Waals surface area contributed by atoms with Gasteiger partial charge in [-0.3, -0.25) is 9.59 Å². The molecule has 0 aliphatic heterocycles. The zero-order valence-electron chi connectivity index (χ0n) is 23.4. The van der Waals surface area contributed by atoms with Gasteiger partial charge < -0.3 is 38.0 Å². The molecule has 3 aromatic rings. The van der Waals surface area contributed by atoms with Crippen molar-refractivity contribution in [2.45, 2.75) is 53.6 Å². The lowest BCUT2D eigenvalue weighted by Gasteiger charge is -2.28. The van der Waals surface area contributed by atoms with E-state index in [2.05, 4.69) is 63.9 Å². The van der Waals surface area contributed by atoms with Crippen molar-refractivity contribution >= 4 is 61.9 Å². The van der Waals surface area contributed by atoms with E-state index in [0.717, 1.165) is 10.8 Å². The minimum Gasteiger partial charge on any atom is -1.00 e. The van der Waals surface area contributed by atoms with Crippen LogP contribution in [-0.2, 0) is 16.6 Å². The van der Waals surface area contributed by atoms with Crippen LogP contribution in [0.3, 0.4) is 0 Å². The molecular formula is C26H35ClN8O3S. The molecule has 210 valence electrons. The highest BCUT2D eigenvalue weighted by atomic mass is 35.5. The number of anilines is 5. The van der Waals surface area contributed by atoms with Gasteiger partial charge in [-0.05, 0) is 74.5 Å².